The van der Waals surface area contributed by atoms with Crippen LogP contribution in [0.3, 0.4) is 0 Å². The lowest BCUT2D eigenvalue weighted by Gasteiger charge is -2.21. The number of halogens is 1. The minimum absolute atomic E-state index is 0.00694. The standard InChI is InChI=1S/C12H17FN2O2/c1-7(2)11(12(16)15-17)14-9-4-5-10(13)8(3)6-9/h4-7,11,14,17H,1-3H3,(H,15,16)/t11-/m1/s1. The van der Waals surface area contributed by atoms with Gasteiger partial charge in [0, 0.05) is 5.69 Å². The van der Waals surface area contributed by atoms with Crippen LogP contribution < -0.4 is 10.8 Å². The smallest absolute Gasteiger partial charge is 0.266 e. The molecule has 0 saturated carbocycles. The van der Waals surface area contributed by atoms with Crippen molar-refractivity contribution in [1.29, 1.82) is 0 Å². The van der Waals surface area contributed by atoms with Crippen molar-refractivity contribution in [2.75, 3.05) is 5.32 Å². The quantitative estimate of drug-likeness (QED) is 0.557. The van der Waals surface area contributed by atoms with Crippen LogP contribution in [0.15, 0.2) is 18.2 Å². The molecule has 0 radical (unpaired) electrons. The minimum atomic E-state index is -0.565. The summed E-state index contributed by atoms with van der Waals surface area (Å²) >= 11 is 0. The molecule has 0 spiro atoms. The normalized spacial score (nSPS) is 12.4. The highest BCUT2D eigenvalue weighted by Crippen LogP contribution is 2.16. The maximum atomic E-state index is 13.1. The van der Waals surface area contributed by atoms with Crippen LogP contribution in [0.5, 0.6) is 0 Å². The zero-order valence-corrected chi connectivity index (χ0v) is 10.1. The monoisotopic (exact) mass is 240 g/mol. The zero-order chi connectivity index (χ0) is 13.0. The van der Waals surface area contributed by atoms with E-state index in [9.17, 15) is 9.18 Å². The number of carbonyl (C=O) groups excluding carboxylic acids is 1. The van der Waals surface area contributed by atoms with Crippen molar-refractivity contribution in [3.8, 4) is 0 Å². The Morgan fingerprint density at radius 1 is 1.41 bits per heavy atom. The summed E-state index contributed by atoms with van der Waals surface area (Å²) in [6.07, 6.45) is 0. The molecule has 4 nitrogen and oxygen atoms in total. The highest BCUT2D eigenvalue weighted by Gasteiger charge is 2.21. The number of aryl methyl sites for hydroxylation is 1. The fourth-order valence-electron chi connectivity index (χ4n) is 1.52. The fraction of sp³-hybridized carbons (Fsp3) is 0.417. The number of carbonyl (C=O) groups is 1. The topological polar surface area (TPSA) is 61.4 Å². The average Bonchev–Trinajstić information content (AvgIpc) is 2.29. The Labute approximate surface area is 99.8 Å². The third-order valence-corrected chi connectivity index (χ3v) is 2.54. The highest BCUT2D eigenvalue weighted by molar-refractivity contribution is 5.83. The molecule has 0 aromatic heterocycles. The van der Waals surface area contributed by atoms with Crippen LogP contribution in [0.25, 0.3) is 0 Å². The lowest BCUT2D eigenvalue weighted by atomic mass is 10.0. The van der Waals surface area contributed by atoms with Gasteiger partial charge >= 0.3 is 0 Å². The van der Waals surface area contributed by atoms with Crippen molar-refractivity contribution in [2.45, 2.75) is 26.8 Å². The van der Waals surface area contributed by atoms with E-state index in [2.05, 4.69) is 5.32 Å². The van der Waals surface area contributed by atoms with Crippen LogP contribution in [-0.4, -0.2) is 17.2 Å². The molecule has 1 amide bonds. The van der Waals surface area contributed by atoms with Crippen LogP contribution in [-0.2, 0) is 4.79 Å². The van der Waals surface area contributed by atoms with Gasteiger partial charge < -0.3 is 5.32 Å². The number of hydrogen-bond acceptors (Lipinski definition) is 3. The van der Waals surface area contributed by atoms with E-state index in [1.165, 1.54) is 6.07 Å². The molecule has 1 aromatic carbocycles. The summed E-state index contributed by atoms with van der Waals surface area (Å²) < 4.78 is 13.1. The van der Waals surface area contributed by atoms with Crippen molar-refractivity contribution in [3.63, 3.8) is 0 Å². The number of hydrogen-bond donors (Lipinski definition) is 3. The predicted molar refractivity (Wildman–Crippen MR) is 63.3 cm³/mol. The number of benzene rings is 1. The second-order valence-electron chi connectivity index (χ2n) is 4.31. The van der Waals surface area contributed by atoms with Gasteiger partial charge in [-0.25, -0.2) is 9.87 Å². The van der Waals surface area contributed by atoms with E-state index in [4.69, 9.17) is 5.21 Å². The first-order chi connectivity index (χ1) is 7.95. The van der Waals surface area contributed by atoms with E-state index in [0.717, 1.165) is 0 Å². The Balaban J connectivity index is 2.86. The van der Waals surface area contributed by atoms with Crippen molar-refractivity contribution in [2.24, 2.45) is 5.92 Å². The van der Waals surface area contributed by atoms with E-state index in [1.807, 2.05) is 13.8 Å². The van der Waals surface area contributed by atoms with Crippen molar-refractivity contribution >= 4 is 11.6 Å². The molecule has 0 bridgehead atoms. The van der Waals surface area contributed by atoms with E-state index < -0.39 is 11.9 Å². The minimum Gasteiger partial charge on any atom is -0.373 e. The van der Waals surface area contributed by atoms with Crippen molar-refractivity contribution < 1.29 is 14.4 Å². The molecule has 0 saturated heterocycles. The number of amides is 1. The lowest BCUT2D eigenvalue weighted by molar-refractivity contribution is -0.130. The largest absolute Gasteiger partial charge is 0.373 e. The Bertz CT molecular complexity index is 407. The zero-order valence-electron chi connectivity index (χ0n) is 10.1. The summed E-state index contributed by atoms with van der Waals surface area (Å²) in [5, 5.41) is 11.6. The van der Waals surface area contributed by atoms with Gasteiger partial charge in [0.25, 0.3) is 5.91 Å². The fourth-order valence-corrected chi connectivity index (χ4v) is 1.52. The molecular weight excluding hydrogens is 223 g/mol. The Hall–Kier alpha value is -1.62. The number of nitrogens with one attached hydrogen (secondary N) is 2. The van der Waals surface area contributed by atoms with Crippen LogP contribution in [0, 0.1) is 18.7 Å². The molecule has 0 aliphatic carbocycles. The van der Waals surface area contributed by atoms with E-state index in [-0.39, 0.29) is 11.7 Å². The van der Waals surface area contributed by atoms with E-state index in [1.54, 1.807) is 24.5 Å². The molecule has 1 aromatic rings. The van der Waals surface area contributed by atoms with Gasteiger partial charge in [-0.05, 0) is 36.6 Å². The first-order valence-corrected chi connectivity index (χ1v) is 5.42. The SMILES string of the molecule is Cc1cc(N[C@@H](C(=O)NO)C(C)C)ccc1F. The van der Waals surface area contributed by atoms with Gasteiger partial charge in [0.2, 0.25) is 0 Å². The van der Waals surface area contributed by atoms with Gasteiger partial charge in [-0.3, -0.25) is 10.0 Å². The number of rotatable bonds is 4. The predicted octanol–water partition coefficient (Wildman–Crippen LogP) is 2.08. The molecule has 94 valence electrons. The summed E-state index contributed by atoms with van der Waals surface area (Å²) in [7, 11) is 0. The molecule has 1 rings (SSSR count). The van der Waals surface area contributed by atoms with E-state index >= 15 is 0 Å². The molecule has 0 aliphatic rings. The molecule has 0 heterocycles. The summed E-state index contributed by atoms with van der Waals surface area (Å²) in [6, 6.07) is 3.95. The van der Waals surface area contributed by atoms with Gasteiger partial charge in [0.05, 0.1) is 0 Å². The molecule has 3 N–H and O–H groups in total. The molecule has 0 aliphatic heterocycles. The molecule has 0 unspecified atom stereocenters. The highest BCUT2D eigenvalue weighted by atomic mass is 19.1. The first-order valence-electron chi connectivity index (χ1n) is 5.42. The molecule has 17 heavy (non-hydrogen) atoms. The second-order valence-corrected chi connectivity index (χ2v) is 4.31. The maximum Gasteiger partial charge on any atom is 0.266 e. The van der Waals surface area contributed by atoms with Gasteiger partial charge in [-0.2, -0.15) is 0 Å². The van der Waals surface area contributed by atoms with Crippen molar-refractivity contribution in [3.05, 3.63) is 29.6 Å². The Morgan fingerprint density at radius 2 is 2.06 bits per heavy atom. The summed E-state index contributed by atoms with van der Waals surface area (Å²) in [4.78, 5) is 11.4. The third-order valence-electron chi connectivity index (χ3n) is 2.54. The van der Waals surface area contributed by atoms with Crippen LogP contribution in [0.1, 0.15) is 19.4 Å². The number of anilines is 1. The molecule has 5 heteroatoms. The molecule has 1 atom stereocenters. The van der Waals surface area contributed by atoms with Crippen LogP contribution in [0.4, 0.5) is 10.1 Å². The van der Waals surface area contributed by atoms with E-state index in [0.29, 0.717) is 11.3 Å². The summed E-state index contributed by atoms with van der Waals surface area (Å²) in [5.41, 5.74) is 2.76. The summed E-state index contributed by atoms with van der Waals surface area (Å²) in [5.74, 6) is -0.808. The average molecular weight is 240 g/mol. The Kier molecular flexibility index (Phi) is 4.45. The second kappa shape index (κ2) is 5.63. The van der Waals surface area contributed by atoms with Crippen LogP contribution >= 0.6 is 0 Å². The van der Waals surface area contributed by atoms with Crippen molar-refractivity contribution in [1.82, 2.24) is 5.48 Å². The molecular formula is C12H17FN2O2. The first kappa shape index (κ1) is 13.4. The maximum absolute atomic E-state index is 13.1. The van der Waals surface area contributed by atoms with Gasteiger partial charge in [0.15, 0.2) is 0 Å². The molecule has 0 fully saturated rings. The number of hydroxylamine groups is 1. The Morgan fingerprint density at radius 3 is 2.53 bits per heavy atom. The third kappa shape index (κ3) is 3.42. The van der Waals surface area contributed by atoms with Gasteiger partial charge in [-0.1, -0.05) is 13.8 Å². The lowest BCUT2D eigenvalue weighted by Crippen LogP contribution is -2.41. The van der Waals surface area contributed by atoms with Gasteiger partial charge in [0.1, 0.15) is 11.9 Å². The van der Waals surface area contributed by atoms with Gasteiger partial charge in [-0.15, -0.1) is 0 Å². The summed E-state index contributed by atoms with van der Waals surface area (Å²) in [6.45, 7) is 5.35. The van der Waals surface area contributed by atoms with Crippen LogP contribution in [0.2, 0.25) is 0 Å².